The van der Waals surface area contributed by atoms with Gasteiger partial charge in [-0.1, -0.05) is 25.1 Å². The molecule has 1 unspecified atom stereocenters. The lowest BCUT2D eigenvalue weighted by Gasteiger charge is -2.26. The monoisotopic (exact) mass is 384 g/mol. The van der Waals surface area contributed by atoms with E-state index in [9.17, 15) is 18.0 Å². The molecule has 4 nitrogen and oxygen atoms in total. The number of benzene rings is 1. The van der Waals surface area contributed by atoms with Gasteiger partial charge < -0.3 is 14.5 Å². The molecule has 27 heavy (non-hydrogen) atoms. The van der Waals surface area contributed by atoms with Gasteiger partial charge in [0, 0.05) is 26.2 Å². The van der Waals surface area contributed by atoms with Crippen LogP contribution in [0.5, 0.6) is 0 Å². The molecule has 2 aliphatic rings. The van der Waals surface area contributed by atoms with Gasteiger partial charge in [-0.3, -0.25) is 4.79 Å². The van der Waals surface area contributed by atoms with Gasteiger partial charge in [0.05, 0.1) is 17.6 Å². The van der Waals surface area contributed by atoms with Crippen LogP contribution in [0, 0.1) is 11.8 Å². The second-order valence-electron chi connectivity index (χ2n) is 7.57. The normalized spacial score (nSPS) is 26.1. The molecule has 0 spiro atoms. The molecule has 0 aliphatic carbocycles. The smallest absolute Gasteiger partial charge is 0.373 e. The summed E-state index contributed by atoms with van der Waals surface area (Å²) >= 11 is 0. The summed E-state index contributed by atoms with van der Waals surface area (Å²) in [5.74, 6) is -0.200. The first kappa shape index (κ1) is 20.1. The lowest BCUT2D eigenvalue weighted by Crippen LogP contribution is -2.37. The van der Waals surface area contributed by atoms with Crippen molar-refractivity contribution in [3.05, 3.63) is 35.4 Å². The molecule has 1 aromatic carbocycles. The Labute approximate surface area is 158 Å². The SMILES string of the molecule is CCN(C)CC1CCN(C(=O)[C@@H]2CCO[C@H]2c2ccccc2C(F)(F)F)C1. The van der Waals surface area contributed by atoms with E-state index in [1.54, 1.807) is 6.07 Å². The summed E-state index contributed by atoms with van der Waals surface area (Å²) in [7, 11) is 2.05. The largest absolute Gasteiger partial charge is 0.416 e. The van der Waals surface area contributed by atoms with Crippen molar-refractivity contribution in [2.75, 3.05) is 39.8 Å². The minimum Gasteiger partial charge on any atom is -0.373 e. The molecule has 150 valence electrons. The molecule has 0 bridgehead atoms. The highest BCUT2D eigenvalue weighted by Crippen LogP contribution is 2.42. The Bertz CT molecular complexity index is 665. The Morgan fingerprint density at radius 1 is 1.30 bits per heavy atom. The molecule has 2 saturated heterocycles. The number of carbonyl (C=O) groups excluding carboxylic acids is 1. The van der Waals surface area contributed by atoms with Crippen LogP contribution in [0.2, 0.25) is 0 Å². The number of likely N-dealkylation sites (tertiary alicyclic amines) is 1. The molecular formula is C20H27F3N2O2. The minimum atomic E-state index is -4.46. The third-order valence-corrected chi connectivity index (χ3v) is 5.69. The number of rotatable bonds is 5. The first-order valence-electron chi connectivity index (χ1n) is 9.56. The number of nitrogens with zero attached hydrogens (tertiary/aromatic N) is 2. The van der Waals surface area contributed by atoms with Crippen LogP contribution in [0.25, 0.3) is 0 Å². The Hall–Kier alpha value is -1.60. The van der Waals surface area contributed by atoms with Crippen LogP contribution < -0.4 is 0 Å². The predicted molar refractivity (Wildman–Crippen MR) is 96.1 cm³/mol. The number of hydrogen-bond donors (Lipinski definition) is 0. The molecule has 0 aromatic heterocycles. The summed E-state index contributed by atoms with van der Waals surface area (Å²) in [6.45, 7) is 5.64. The van der Waals surface area contributed by atoms with Gasteiger partial charge in [-0.15, -0.1) is 0 Å². The molecule has 0 saturated carbocycles. The van der Waals surface area contributed by atoms with E-state index in [2.05, 4.69) is 18.9 Å². The van der Waals surface area contributed by atoms with Crippen LogP contribution in [-0.4, -0.2) is 55.5 Å². The fraction of sp³-hybridized carbons (Fsp3) is 0.650. The molecule has 1 aromatic rings. The second kappa shape index (κ2) is 8.19. The zero-order valence-electron chi connectivity index (χ0n) is 15.8. The van der Waals surface area contributed by atoms with E-state index in [4.69, 9.17) is 4.74 Å². The lowest BCUT2D eigenvalue weighted by molar-refractivity contribution is -0.142. The summed E-state index contributed by atoms with van der Waals surface area (Å²) in [4.78, 5) is 17.1. The second-order valence-corrected chi connectivity index (χ2v) is 7.57. The first-order valence-corrected chi connectivity index (χ1v) is 9.56. The van der Waals surface area contributed by atoms with Crippen molar-refractivity contribution in [2.45, 2.75) is 32.0 Å². The quantitative estimate of drug-likeness (QED) is 0.778. The van der Waals surface area contributed by atoms with Crippen molar-refractivity contribution in [2.24, 2.45) is 11.8 Å². The van der Waals surface area contributed by atoms with Crippen LogP contribution in [0.1, 0.15) is 37.0 Å². The summed E-state index contributed by atoms with van der Waals surface area (Å²) in [6, 6.07) is 5.43. The van der Waals surface area contributed by atoms with Crippen LogP contribution in [0.4, 0.5) is 13.2 Å². The number of amides is 1. The van der Waals surface area contributed by atoms with Crippen molar-refractivity contribution in [1.82, 2.24) is 9.80 Å². The van der Waals surface area contributed by atoms with Gasteiger partial charge in [0.15, 0.2) is 0 Å². The van der Waals surface area contributed by atoms with Gasteiger partial charge in [-0.2, -0.15) is 13.2 Å². The molecule has 0 N–H and O–H groups in total. The molecule has 3 rings (SSSR count). The zero-order valence-corrected chi connectivity index (χ0v) is 15.8. The van der Waals surface area contributed by atoms with Crippen molar-refractivity contribution in [3.63, 3.8) is 0 Å². The minimum absolute atomic E-state index is 0.0716. The average molecular weight is 384 g/mol. The Kier molecular flexibility index (Phi) is 6.11. The highest BCUT2D eigenvalue weighted by atomic mass is 19.4. The van der Waals surface area contributed by atoms with E-state index in [1.165, 1.54) is 12.1 Å². The fourth-order valence-electron chi connectivity index (χ4n) is 4.14. The Morgan fingerprint density at radius 2 is 2.04 bits per heavy atom. The van der Waals surface area contributed by atoms with E-state index < -0.39 is 23.8 Å². The molecule has 1 amide bonds. The van der Waals surface area contributed by atoms with E-state index in [-0.39, 0.29) is 11.5 Å². The van der Waals surface area contributed by atoms with Gasteiger partial charge >= 0.3 is 6.18 Å². The molecule has 2 fully saturated rings. The summed E-state index contributed by atoms with van der Waals surface area (Å²) in [5, 5.41) is 0. The molecule has 2 heterocycles. The lowest BCUT2D eigenvalue weighted by atomic mass is 9.91. The topological polar surface area (TPSA) is 32.8 Å². The van der Waals surface area contributed by atoms with Crippen LogP contribution >= 0.6 is 0 Å². The molecular weight excluding hydrogens is 357 g/mol. The van der Waals surface area contributed by atoms with Crippen molar-refractivity contribution < 1.29 is 22.7 Å². The molecule has 3 atom stereocenters. The van der Waals surface area contributed by atoms with Crippen LogP contribution in [0.3, 0.4) is 0 Å². The van der Waals surface area contributed by atoms with E-state index in [1.807, 2.05) is 4.90 Å². The van der Waals surface area contributed by atoms with Crippen LogP contribution in [0.15, 0.2) is 24.3 Å². The van der Waals surface area contributed by atoms with Gasteiger partial charge in [-0.25, -0.2) is 0 Å². The van der Waals surface area contributed by atoms with E-state index in [0.29, 0.717) is 32.0 Å². The zero-order chi connectivity index (χ0) is 19.6. The number of ether oxygens (including phenoxy) is 1. The Morgan fingerprint density at radius 3 is 2.74 bits per heavy atom. The van der Waals surface area contributed by atoms with Gasteiger partial charge in [-0.05, 0) is 44.0 Å². The number of hydrogen-bond acceptors (Lipinski definition) is 3. The first-order chi connectivity index (χ1) is 12.8. The standard InChI is InChI=1S/C20H27F3N2O2/c1-3-24(2)12-14-8-10-25(13-14)19(26)16-9-11-27-18(16)15-6-4-5-7-17(15)20(21,22)23/h4-7,14,16,18H,3,8-13H2,1-2H3/t14?,16-,18+/m1/s1. The van der Waals surface area contributed by atoms with Crippen LogP contribution in [-0.2, 0) is 15.7 Å². The maximum atomic E-state index is 13.4. The van der Waals surface area contributed by atoms with Crippen molar-refractivity contribution in [1.29, 1.82) is 0 Å². The van der Waals surface area contributed by atoms with Crippen molar-refractivity contribution in [3.8, 4) is 0 Å². The fourth-order valence-corrected chi connectivity index (χ4v) is 4.14. The van der Waals surface area contributed by atoms with Crippen molar-refractivity contribution >= 4 is 5.91 Å². The van der Waals surface area contributed by atoms with Gasteiger partial charge in [0.25, 0.3) is 0 Å². The average Bonchev–Trinajstić information content (AvgIpc) is 3.29. The summed E-state index contributed by atoms with van der Waals surface area (Å²) < 4.78 is 45.8. The van der Waals surface area contributed by atoms with Gasteiger partial charge in [0.1, 0.15) is 0 Å². The number of halogens is 3. The maximum absolute atomic E-state index is 13.4. The maximum Gasteiger partial charge on any atom is 0.416 e. The van der Waals surface area contributed by atoms with E-state index in [0.717, 1.165) is 25.6 Å². The highest BCUT2D eigenvalue weighted by molar-refractivity contribution is 5.80. The predicted octanol–water partition coefficient (Wildman–Crippen LogP) is 3.58. The summed E-state index contributed by atoms with van der Waals surface area (Å²) in [6.07, 6.45) is -3.88. The third-order valence-electron chi connectivity index (χ3n) is 5.69. The third kappa shape index (κ3) is 4.46. The van der Waals surface area contributed by atoms with Gasteiger partial charge in [0.2, 0.25) is 5.91 Å². The highest BCUT2D eigenvalue weighted by Gasteiger charge is 2.43. The van der Waals surface area contributed by atoms with E-state index >= 15 is 0 Å². The number of carbonyl (C=O) groups is 1. The molecule has 2 aliphatic heterocycles. The molecule has 7 heteroatoms. The number of alkyl halides is 3. The Balaban J connectivity index is 1.73. The summed E-state index contributed by atoms with van der Waals surface area (Å²) in [5.41, 5.74) is -0.638. The molecule has 0 radical (unpaired) electrons.